The molecule has 1 aliphatic carbocycles. The predicted molar refractivity (Wildman–Crippen MR) is 70.6 cm³/mol. The summed E-state index contributed by atoms with van der Waals surface area (Å²) in [5.74, 6) is 0.467. The molecule has 2 unspecified atom stereocenters. The van der Waals surface area contributed by atoms with Crippen LogP contribution in [0.25, 0.3) is 0 Å². The fraction of sp³-hybridized carbons (Fsp3) is 0.600. The first-order chi connectivity index (χ1) is 8.63. The van der Waals surface area contributed by atoms with E-state index in [0.29, 0.717) is 19.1 Å². The third-order valence-corrected chi connectivity index (χ3v) is 3.88. The molecule has 1 aromatic carbocycles. The van der Waals surface area contributed by atoms with E-state index in [4.69, 9.17) is 10.5 Å². The quantitative estimate of drug-likeness (QED) is 0.891. The zero-order valence-electron chi connectivity index (χ0n) is 11.0. The van der Waals surface area contributed by atoms with Crippen molar-refractivity contribution in [3.05, 3.63) is 35.6 Å². The Balaban J connectivity index is 1.96. The summed E-state index contributed by atoms with van der Waals surface area (Å²) in [6.07, 6.45) is 4.52. The van der Waals surface area contributed by atoms with Crippen LogP contribution in [0.5, 0.6) is 0 Å². The molecule has 1 fully saturated rings. The minimum absolute atomic E-state index is 0.175. The lowest BCUT2D eigenvalue weighted by Crippen LogP contribution is -2.44. The second-order valence-corrected chi connectivity index (χ2v) is 5.50. The molecule has 0 bridgehead atoms. The molecule has 0 radical (unpaired) electrons. The Morgan fingerprint density at radius 2 is 2.11 bits per heavy atom. The zero-order chi connectivity index (χ0) is 13.0. The second kappa shape index (κ2) is 5.81. The third-order valence-electron chi connectivity index (χ3n) is 3.88. The van der Waals surface area contributed by atoms with E-state index in [2.05, 4.69) is 6.92 Å². The van der Waals surface area contributed by atoms with E-state index in [-0.39, 0.29) is 11.4 Å². The van der Waals surface area contributed by atoms with Crippen LogP contribution >= 0.6 is 0 Å². The van der Waals surface area contributed by atoms with Crippen molar-refractivity contribution in [1.29, 1.82) is 0 Å². The van der Waals surface area contributed by atoms with Crippen molar-refractivity contribution >= 4 is 0 Å². The van der Waals surface area contributed by atoms with Gasteiger partial charge in [0.15, 0.2) is 0 Å². The summed E-state index contributed by atoms with van der Waals surface area (Å²) in [7, 11) is 0. The normalized spacial score (nSPS) is 28.3. The van der Waals surface area contributed by atoms with Crippen LogP contribution in [0.3, 0.4) is 0 Å². The maximum absolute atomic E-state index is 12.8. The number of hydrogen-bond acceptors (Lipinski definition) is 2. The average molecular weight is 251 g/mol. The Morgan fingerprint density at radius 1 is 1.39 bits per heavy atom. The van der Waals surface area contributed by atoms with Gasteiger partial charge in [0.05, 0.1) is 12.2 Å². The van der Waals surface area contributed by atoms with Crippen molar-refractivity contribution < 1.29 is 9.13 Å². The number of nitrogens with two attached hydrogens (primary N) is 1. The van der Waals surface area contributed by atoms with Gasteiger partial charge in [-0.1, -0.05) is 31.9 Å². The molecule has 0 heterocycles. The van der Waals surface area contributed by atoms with Gasteiger partial charge in [-0.25, -0.2) is 4.39 Å². The van der Waals surface area contributed by atoms with E-state index in [1.54, 1.807) is 12.1 Å². The highest BCUT2D eigenvalue weighted by Crippen LogP contribution is 2.35. The average Bonchev–Trinajstić information content (AvgIpc) is 2.38. The van der Waals surface area contributed by atoms with Crippen LogP contribution in [0.4, 0.5) is 4.39 Å². The highest BCUT2D eigenvalue weighted by atomic mass is 19.1. The molecule has 18 heavy (non-hydrogen) atoms. The van der Waals surface area contributed by atoms with E-state index >= 15 is 0 Å². The van der Waals surface area contributed by atoms with Crippen molar-refractivity contribution in [2.24, 2.45) is 11.7 Å². The Hall–Kier alpha value is -0.930. The van der Waals surface area contributed by atoms with Crippen molar-refractivity contribution in [3.63, 3.8) is 0 Å². The standard InChI is InChI=1S/C15H22FNO/c1-12-3-2-8-15(9-12,11-17)18-10-13-4-6-14(16)7-5-13/h4-7,12H,2-3,8-11,17H2,1H3. The number of hydrogen-bond donors (Lipinski definition) is 1. The Kier molecular flexibility index (Phi) is 4.36. The molecule has 0 amide bonds. The van der Waals surface area contributed by atoms with Gasteiger partial charge in [-0.3, -0.25) is 0 Å². The summed E-state index contributed by atoms with van der Waals surface area (Å²) in [5, 5.41) is 0. The summed E-state index contributed by atoms with van der Waals surface area (Å²) in [4.78, 5) is 0. The molecule has 0 spiro atoms. The highest BCUT2D eigenvalue weighted by molar-refractivity contribution is 5.15. The Labute approximate surface area is 108 Å². The van der Waals surface area contributed by atoms with Crippen LogP contribution in [0.2, 0.25) is 0 Å². The topological polar surface area (TPSA) is 35.2 Å². The lowest BCUT2D eigenvalue weighted by atomic mass is 9.79. The SMILES string of the molecule is CC1CCCC(CN)(OCc2ccc(F)cc2)C1. The van der Waals surface area contributed by atoms with Crippen molar-refractivity contribution in [1.82, 2.24) is 0 Å². The van der Waals surface area contributed by atoms with Gasteiger partial charge in [-0.05, 0) is 36.5 Å². The van der Waals surface area contributed by atoms with Crippen LogP contribution in [0.15, 0.2) is 24.3 Å². The van der Waals surface area contributed by atoms with Crippen molar-refractivity contribution in [3.8, 4) is 0 Å². The largest absolute Gasteiger partial charge is 0.369 e. The van der Waals surface area contributed by atoms with E-state index < -0.39 is 0 Å². The lowest BCUT2D eigenvalue weighted by Gasteiger charge is -2.39. The molecule has 3 heteroatoms. The van der Waals surface area contributed by atoms with Crippen LogP contribution in [0.1, 0.15) is 38.2 Å². The van der Waals surface area contributed by atoms with Gasteiger partial charge in [0.25, 0.3) is 0 Å². The molecular weight excluding hydrogens is 229 g/mol. The molecule has 2 N–H and O–H groups in total. The number of benzene rings is 1. The first-order valence-electron chi connectivity index (χ1n) is 6.72. The van der Waals surface area contributed by atoms with E-state index in [0.717, 1.165) is 18.4 Å². The van der Waals surface area contributed by atoms with Gasteiger partial charge in [0.1, 0.15) is 5.82 Å². The second-order valence-electron chi connectivity index (χ2n) is 5.50. The first-order valence-corrected chi connectivity index (χ1v) is 6.72. The summed E-state index contributed by atoms with van der Waals surface area (Å²) >= 11 is 0. The van der Waals surface area contributed by atoms with Crippen LogP contribution in [0, 0.1) is 11.7 Å². The maximum Gasteiger partial charge on any atom is 0.123 e. The molecule has 0 aliphatic heterocycles. The van der Waals surface area contributed by atoms with E-state index in [1.807, 2.05) is 0 Å². The summed E-state index contributed by atoms with van der Waals surface area (Å²) in [6.45, 7) is 3.34. The van der Waals surface area contributed by atoms with Gasteiger partial charge < -0.3 is 10.5 Å². The van der Waals surface area contributed by atoms with Gasteiger partial charge >= 0.3 is 0 Å². The molecule has 1 aromatic rings. The maximum atomic E-state index is 12.8. The highest BCUT2D eigenvalue weighted by Gasteiger charge is 2.34. The fourth-order valence-corrected chi connectivity index (χ4v) is 2.80. The molecule has 100 valence electrons. The molecule has 2 atom stereocenters. The Morgan fingerprint density at radius 3 is 2.72 bits per heavy atom. The van der Waals surface area contributed by atoms with Gasteiger partial charge in [-0.2, -0.15) is 0 Å². The molecule has 1 saturated carbocycles. The smallest absolute Gasteiger partial charge is 0.123 e. The molecule has 1 aliphatic rings. The van der Waals surface area contributed by atoms with Gasteiger partial charge in [0.2, 0.25) is 0 Å². The molecule has 0 aromatic heterocycles. The fourth-order valence-electron chi connectivity index (χ4n) is 2.80. The number of rotatable bonds is 4. The van der Waals surface area contributed by atoms with Gasteiger partial charge in [0, 0.05) is 6.54 Å². The lowest BCUT2D eigenvalue weighted by molar-refractivity contribution is -0.0840. The van der Waals surface area contributed by atoms with Crippen LogP contribution < -0.4 is 5.73 Å². The van der Waals surface area contributed by atoms with Gasteiger partial charge in [-0.15, -0.1) is 0 Å². The molecule has 0 saturated heterocycles. The first kappa shape index (κ1) is 13.5. The van der Waals surface area contributed by atoms with Crippen molar-refractivity contribution in [2.45, 2.75) is 44.8 Å². The molecule has 2 rings (SSSR count). The summed E-state index contributed by atoms with van der Waals surface area (Å²) in [5.41, 5.74) is 6.73. The van der Waals surface area contributed by atoms with Crippen LogP contribution in [-0.4, -0.2) is 12.1 Å². The summed E-state index contributed by atoms with van der Waals surface area (Å²) < 4.78 is 18.9. The predicted octanol–water partition coefficient (Wildman–Crippen LogP) is 3.25. The molecule has 2 nitrogen and oxygen atoms in total. The minimum atomic E-state index is -0.210. The van der Waals surface area contributed by atoms with Crippen LogP contribution in [-0.2, 0) is 11.3 Å². The van der Waals surface area contributed by atoms with Crippen molar-refractivity contribution in [2.75, 3.05) is 6.54 Å². The number of ether oxygens (including phenoxy) is 1. The monoisotopic (exact) mass is 251 g/mol. The van der Waals surface area contributed by atoms with E-state index in [1.165, 1.54) is 25.0 Å². The number of halogens is 1. The Bertz CT molecular complexity index is 379. The van der Waals surface area contributed by atoms with E-state index in [9.17, 15) is 4.39 Å². The molecular formula is C15H22FNO. The summed E-state index contributed by atoms with van der Waals surface area (Å²) in [6, 6.07) is 6.48. The third kappa shape index (κ3) is 3.30. The minimum Gasteiger partial charge on any atom is -0.369 e. The zero-order valence-corrected chi connectivity index (χ0v) is 11.0.